The molecule has 7 heteroatoms. The Labute approximate surface area is 152 Å². The molecular weight excluding hydrogens is 350 g/mol. The summed E-state index contributed by atoms with van der Waals surface area (Å²) in [6.45, 7) is 0.484. The Morgan fingerprint density at radius 3 is 2.50 bits per heavy atom. The number of aryl methyl sites for hydroxylation is 1. The summed E-state index contributed by atoms with van der Waals surface area (Å²) in [6.07, 6.45) is 2.92. The molecule has 3 rings (SSSR count). The van der Waals surface area contributed by atoms with Crippen LogP contribution in [0, 0.1) is 0 Å². The van der Waals surface area contributed by atoms with Gasteiger partial charge in [0.1, 0.15) is 0 Å². The van der Waals surface area contributed by atoms with Crippen LogP contribution in [0.1, 0.15) is 11.1 Å². The van der Waals surface area contributed by atoms with Gasteiger partial charge >= 0.3 is 0 Å². The van der Waals surface area contributed by atoms with Gasteiger partial charge in [0.2, 0.25) is 15.9 Å². The lowest BCUT2D eigenvalue weighted by atomic mass is 10.1. The highest BCUT2D eigenvalue weighted by atomic mass is 32.2. The third-order valence-corrected chi connectivity index (χ3v) is 5.25. The predicted octanol–water partition coefficient (Wildman–Crippen LogP) is 1.73. The number of benzene rings is 2. The molecule has 0 aliphatic rings. The van der Waals surface area contributed by atoms with Gasteiger partial charge in [-0.1, -0.05) is 30.3 Å². The molecule has 1 heterocycles. The summed E-state index contributed by atoms with van der Waals surface area (Å²) in [5, 5.41) is 9.07. The number of nitrogens with zero attached hydrogens (tertiary/aromatic N) is 1. The van der Waals surface area contributed by atoms with Gasteiger partial charge in [0.05, 0.1) is 11.3 Å². The zero-order valence-electron chi connectivity index (χ0n) is 14.5. The highest BCUT2D eigenvalue weighted by Gasteiger charge is 2.10. The van der Waals surface area contributed by atoms with E-state index in [1.54, 1.807) is 12.1 Å². The quantitative estimate of drug-likeness (QED) is 0.691. The number of amides is 1. The topological polar surface area (TPSA) is 94.2 Å². The van der Waals surface area contributed by atoms with Gasteiger partial charge in [0, 0.05) is 30.7 Å². The first-order chi connectivity index (χ1) is 12.3. The maximum absolute atomic E-state index is 12.2. The van der Waals surface area contributed by atoms with Gasteiger partial charge in [-0.25, -0.2) is 13.6 Å². The molecule has 0 unspecified atom stereocenters. The number of carbonyl (C=O) groups is 1. The van der Waals surface area contributed by atoms with Gasteiger partial charge in [-0.05, 0) is 35.7 Å². The maximum atomic E-state index is 12.2. The molecule has 0 aliphatic heterocycles. The molecule has 3 N–H and O–H groups in total. The number of fused-ring (bicyclic) bond motifs is 1. The molecule has 0 atom stereocenters. The van der Waals surface area contributed by atoms with Crippen molar-refractivity contribution < 1.29 is 13.2 Å². The third-order valence-electron chi connectivity index (χ3n) is 4.32. The summed E-state index contributed by atoms with van der Waals surface area (Å²) < 4.78 is 24.5. The van der Waals surface area contributed by atoms with Crippen molar-refractivity contribution in [2.45, 2.75) is 17.7 Å². The second kappa shape index (κ2) is 7.31. The van der Waals surface area contributed by atoms with E-state index in [1.165, 1.54) is 12.1 Å². The van der Waals surface area contributed by atoms with Crippen LogP contribution in [-0.2, 0) is 34.7 Å². The number of carbonyl (C=O) groups excluding carboxylic acids is 1. The fourth-order valence-electron chi connectivity index (χ4n) is 2.99. The minimum Gasteiger partial charge on any atom is -0.355 e. The van der Waals surface area contributed by atoms with Gasteiger partial charge in [0.15, 0.2) is 0 Å². The first-order valence-corrected chi connectivity index (χ1v) is 9.80. The van der Waals surface area contributed by atoms with E-state index in [0.29, 0.717) is 19.4 Å². The van der Waals surface area contributed by atoms with Crippen molar-refractivity contribution in [1.29, 1.82) is 0 Å². The molecule has 3 aromatic rings. The van der Waals surface area contributed by atoms with Gasteiger partial charge in [-0.3, -0.25) is 4.79 Å². The fourth-order valence-corrected chi connectivity index (χ4v) is 3.51. The van der Waals surface area contributed by atoms with Gasteiger partial charge < -0.3 is 9.88 Å². The molecule has 1 amide bonds. The molecule has 0 aliphatic carbocycles. The average molecular weight is 371 g/mol. The number of rotatable bonds is 6. The van der Waals surface area contributed by atoms with Gasteiger partial charge in [-0.2, -0.15) is 0 Å². The Morgan fingerprint density at radius 2 is 1.81 bits per heavy atom. The second-order valence-electron chi connectivity index (χ2n) is 6.25. The van der Waals surface area contributed by atoms with Crippen LogP contribution in [0.2, 0.25) is 0 Å². The molecule has 0 bridgehead atoms. The number of nitrogens with one attached hydrogen (secondary N) is 1. The fraction of sp³-hybridized carbons (Fsp3) is 0.211. The van der Waals surface area contributed by atoms with Crippen LogP contribution in [0.25, 0.3) is 10.9 Å². The molecule has 136 valence electrons. The Kier molecular flexibility index (Phi) is 5.11. The largest absolute Gasteiger partial charge is 0.355 e. The lowest BCUT2D eigenvalue weighted by Crippen LogP contribution is -2.27. The molecule has 6 nitrogen and oxygen atoms in total. The summed E-state index contributed by atoms with van der Waals surface area (Å²) in [4.78, 5) is 12.3. The summed E-state index contributed by atoms with van der Waals surface area (Å²) in [5.74, 6) is -0.0393. The van der Waals surface area contributed by atoms with Crippen molar-refractivity contribution in [2.24, 2.45) is 12.2 Å². The van der Waals surface area contributed by atoms with Crippen LogP contribution in [0.4, 0.5) is 0 Å². The Bertz CT molecular complexity index is 1040. The van der Waals surface area contributed by atoms with Crippen molar-refractivity contribution in [3.8, 4) is 0 Å². The number of nitrogens with two attached hydrogens (primary N) is 1. The van der Waals surface area contributed by atoms with Crippen LogP contribution in [0.3, 0.4) is 0 Å². The van der Waals surface area contributed by atoms with E-state index in [9.17, 15) is 13.2 Å². The van der Waals surface area contributed by atoms with Gasteiger partial charge in [-0.15, -0.1) is 0 Å². The Hall–Kier alpha value is -2.64. The average Bonchev–Trinajstić information content (AvgIpc) is 2.91. The zero-order chi connectivity index (χ0) is 18.7. The molecule has 0 fully saturated rings. The highest BCUT2D eigenvalue weighted by Crippen LogP contribution is 2.20. The number of para-hydroxylation sites is 1. The molecule has 0 spiro atoms. The number of hydrogen-bond donors (Lipinski definition) is 2. The van der Waals surface area contributed by atoms with Crippen molar-refractivity contribution in [2.75, 3.05) is 6.54 Å². The SMILES string of the molecule is Cn1cc(CC(=O)NCCc2ccc(S(N)(=O)=O)cc2)c2ccccc21. The molecule has 0 saturated carbocycles. The maximum Gasteiger partial charge on any atom is 0.238 e. The minimum atomic E-state index is -3.68. The first kappa shape index (κ1) is 18.2. The van der Waals surface area contributed by atoms with Crippen molar-refractivity contribution >= 4 is 26.8 Å². The monoisotopic (exact) mass is 371 g/mol. The van der Waals surface area contributed by atoms with E-state index in [4.69, 9.17) is 5.14 Å². The van der Waals surface area contributed by atoms with E-state index in [0.717, 1.165) is 22.0 Å². The first-order valence-electron chi connectivity index (χ1n) is 8.26. The van der Waals surface area contributed by atoms with Crippen LogP contribution in [-0.4, -0.2) is 25.4 Å². The summed E-state index contributed by atoms with van der Waals surface area (Å²) in [6, 6.07) is 14.4. The Balaban J connectivity index is 1.56. The van der Waals surface area contributed by atoms with Crippen LogP contribution < -0.4 is 10.5 Å². The predicted molar refractivity (Wildman–Crippen MR) is 101 cm³/mol. The standard InChI is InChI=1S/C19H21N3O3S/c1-22-13-15(17-4-2-3-5-18(17)22)12-19(23)21-11-10-14-6-8-16(9-7-14)26(20,24)25/h2-9,13H,10-12H2,1H3,(H,21,23)(H2,20,24,25). The molecular formula is C19H21N3O3S. The summed E-state index contributed by atoms with van der Waals surface area (Å²) in [5.41, 5.74) is 3.03. The summed E-state index contributed by atoms with van der Waals surface area (Å²) in [7, 11) is -1.71. The van der Waals surface area contributed by atoms with E-state index < -0.39 is 10.0 Å². The van der Waals surface area contributed by atoms with E-state index in [2.05, 4.69) is 5.32 Å². The van der Waals surface area contributed by atoms with Crippen molar-refractivity contribution in [1.82, 2.24) is 9.88 Å². The number of aromatic nitrogens is 1. The molecule has 1 aromatic heterocycles. The number of sulfonamides is 1. The van der Waals surface area contributed by atoms with Crippen LogP contribution >= 0.6 is 0 Å². The van der Waals surface area contributed by atoms with Crippen LogP contribution in [0.15, 0.2) is 59.6 Å². The minimum absolute atomic E-state index is 0.0393. The number of primary sulfonamides is 1. The van der Waals surface area contributed by atoms with Gasteiger partial charge in [0.25, 0.3) is 0 Å². The van der Waals surface area contributed by atoms with E-state index >= 15 is 0 Å². The summed E-state index contributed by atoms with van der Waals surface area (Å²) >= 11 is 0. The van der Waals surface area contributed by atoms with E-state index in [1.807, 2.05) is 42.1 Å². The molecule has 26 heavy (non-hydrogen) atoms. The second-order valence-corrected chi connectivity index (χ2v) is 7.81. The molecule has 0 radical (unpaired) electrons. The van der Waals surface area contributed by atoms with Crippen LogP contribution in [0.5, 0.6) is 0 Å². The highest BCUT2D eigenvalue weighted by molar-refractivity contribution is 7.89. The lowest BCUT2D eigenvalue weighted by Gasteiger charge is -2.06. The van der Waals surface area contributed by atoms with Crippen molar-refractivity contribution in [3.63, 3.8) is 0 Å². The van der Waals surface area contributed by atoms with Crippen molar-refractivity contribution in [3.05, 3.63) is 65.9 Å². The van der Waals surface area contributed by atoms with E-state index in [-0.39, 0.29) is 10.8 Å². The normalized spacial score (nSPS) is 11.6. The smallest absolute Gasteiger partial charge is 0.238 e. The number of hydrogen-bond acceptors (Lipinski definition) is 3. The lowest BCUT2D eigenvalue weighted by molar-refractivity contribution is -0.120. The third kappa shape index (κ3) is 4.12. The zero-order valence-corrected chi connectivity index (χ0v) is 15.3. The molecule has 0 saturated heterocycles. The Morgan fingerprint density at radius 1 is 1.12 bits per heavy atom. The molecule has 2 aromatic carbocycles.